The molecule has 0 saturated carbocycles. The molecule has 0 aliphatic heterocycles. The van der Waals surface area contributed by atoms with Gasteiger partial charge < -0.3 is 9.88 Å². The Hall–Kier alpha value is -2.05. The number of benzene rings is 1. The number of nitrogens with zero attached hydrogens (tertiary/aromatic N) is 2. The summed E-state index contributed by atoms with van der Waals surface area (Å²) >= 11 is 11.7. The lowest BCUT2D eigenvalue weighted by atomic mass is 10.2. The molecule has 6 nitrogen and oxygen atoms in total. The lowest BCUT2D eigenvalue weighted by molar-refractivity contribution is -0.384. The van der Waals surface area contributed by atoms with Crippen LogP contribution in [0.15, 0.2) is 30.5 Å². The maximum absolute atomic E-state index is 12.1. The van der Waals surface area contributed by atoms with Crippen molar-refractivity contribution in [2.45, 2.75) is 6.54 Å². The van der Waals surface area contributed by atoms with Crippen LogP contribution in [0, 0.1) is 10.1 Å². The third-order valence-electron chi connectivity index (χ3n) is 2.95. The molecule has 0 unspecified atom stereocenters. The molecule has 1 amide bonds. The molecule has 0 atom stereocenters. The summed E-state index contributed by atoms with van der Waals surface area (Å²) in [6.07, 6.45) is 1.85. The van der Waals surface area contributed by atoms with E-state index in [1.54, 1.807) is 0 Å². The van der Waals surface area contributed by atoms with Gasteiger partial charge in [0.25, 0.3) is 11.6 Å². The number of halogens is 2. The van der Waals surface area contributed by atoms with Gasteiger partial charge in [-0.05, 0) is 12.1 Å². The maximum Gasteiger partial charge on any atom is 0.271 e. The minimum Gasteiger partial charge on any atom is -0.353 e. The third-order valence-corrected chi connectivity index (χ3v) is 3.75. The minimum absolute atomic E-state index is 0.00773. The summed E-state index contributed by atoms with van der Waals surface area (Å²) in [7, 11) is 1.85. The van der Waals surface area contributed by atoms with Gasteiger partial charge in [-0.15, -0.1) is 0 Å². The number of carbonyl (C=O) groups is 1. The molecule has 0 spiro atoms. The molecule has 0 fully saturated rings. The van der Waals surface area contributed by atoms with Crippen molar-refractivity contribution in [3.8, 4) is 0 Å². The molecule has 0 radical (unpaired) electrons. The number of hydrogen-bond acceptors (Lipinski definition) is 3. The first-order chi connectivity index (χ1) is 9.90. The monoisotopic (exact) mass is 327 g/mol. The van der Waals surface area contributed by atoms with Crippen molar-refractivity contribution in [1.29, 1.82) is 0 Å². The van der Waals surface area contributed by atoms with E-state index in [9.17, 15) is 14.9 Å². The second-order valence-corrected chi connectivity index (χ2v) is 5.12. The zero-order chi connectivity index (χ0) is 15.6. The lowest BCUT2D eigenvalue weighted by Crippen LogP contribution is -2.24. The standard InChI is InChI=1S/C13H11Cl2N3O3/c1-17-4-2-3-8(17)7-16-13(19)10-5-9(18(20)21)6-11(14)12(10)15/h2-6H,7H2,1H3,(H,16,19). The fourth-order valence-electron chi connectivity index (χ4n) is 1.79. The largest absolute Gasteiger partial charge is 0.353 e. The van der Waals surface area contributed by atoms with Crippen LogP contribution in [0.2, 0.25) is 10.0 Å². The molecule has 2 rings (SSSR count). The van der Waals surface area contributed by atoms with E-state index in [-0.39, 0.29) is 27.8 Å². The highest BCUT2D eigenvalue weighted by atomic mass is 35.5. The van der Waals surface area contributed by atoms with Gasteiger partial charge in [-0.2, -0.15) is 0 Å². The number of amides is 1. The Bertz CT molecular complexity index is 713. The van der Waals surface area contributed by atoms with Gasteiger partial charge in [0.15, 0.2) is 0 Å². The van der Waals surface area contributed by atoms with Crippen LogP contribution in [-0.2, 0) is 13.6 Å². The Labute approximate surface area is 130 Å². The number of nitro benzene ring substituents is 1. The van der Waals surface area contributed by atoms with Crippen molar-refractivity contribution >= 4 is 34.8 Å². The maximum atomic E-state index is 12.1. The molecule has 1 aromatic heterocycles. The van der Waals surface area contributed by atoms with Crippen LogP contribution in [0.25, 0.3) is 0 Å². The minimum atomic E-state index is -0.629. The smallest absolute Gasteiger partial charge is 0.271 e. The summed E-state index contributed by atoms with van der Waals surface area (Å²) in [5.74, 6) is -0.521. The Balaban J connectivity index is 2.22. The van der Waals surface area contributed by atoms with E-state index in [2.05, 4.69) is 5.32 Å². The zero-order valence-corrected chi connectivity index (χ0v) is 12.5. The SMILES string of the molecule is Cn1cccc1CNC(=O)c1cc([N+](=O)[O-])cc(Cl)c1Cl. The molecule has 0 saturated heterocycles. The summed E-state index contributed by atoms with van der Waals surface area (Å²) < 4.78 is 1.85. The highest BCUT2D eigenvalue weighted by molar-refractivity contribution is 6.44. The normalized spacial score (nSPS) is 10.4. The van der Waals surface area contributed by atoms with Gasteiger partial charge in [0, 0.05) is 31.1 Å². The van der Waals surface area contributed by atoms with Crippen LogP contribution in [0.4, 0.5) is 5.69 Å². The van der Waals surface area contributed by atoms with Gasteiger partial charge in [0.05, 0.1) is 27.1 Å². The number of aromatic nitrogens is 1. The second kappa shape index (κ2) is 6.15. The van der Waals surface area contributed by atoms with Crippen LogP contribution < -0.4 is 5.32 Å². The number of hydrogen-bond donors (Lipinski definition) is 1. The first-order valence-corrected chi connectivity index (χ1v) is 6.67. The van der Waals surface area contributed by atoms with Crippen LogP contribution in [0.1, 0.15) is 16.1 Å². The zero-order valence-electron chi connectivity index (χ0n) is 11.0. The first-order valence-electron chi connectivity index (χ1n) is 5.92. The molecule has 1 N–H and O–H groups in total. The van der Waals surface area contributed by atoms with E-state index >= 15 is 0 Å². The Kier molecular flexibility index (Phi) is 4.50. The van der Waals surface area contributed by atoms with Crippen molar-refractivity contribution in [3.63, 3.8) is 0 Å². The number of nitrogens with one attached hydrogen (secondary N) is 1. The lowest BCUT2D eigenvalue weighted by Gasteiger charge is -2.08. The molecular formula is C13H11Cl2N3O3. The second-order valence-electron chi connectivity index (χ2n) is 4.34. The number of carbonyl (C=O) groups excluding carboxylic acids is 1. The van der Waals surface area contributed by atoms with Gasteiger partial charge in [-0.3, -0.25) is 14.9 Å². The fraction of sp³-hybridized carbons (Fsp3) is 0.154. The van der Waals surface area contributed by atoms with Crippen molar-refractivity contribution in [3.05, 3.63) is 61.9 Å². The van der Waals surface area contributed by atoms with E-state index in [1.807, 2.05) is 29.9 Å². The van der Waals surface area contributed by atoms with E-state index in [1.165, 1.54) is 0 Å². The van der Waals surface area contributed by atoms with Gasteiger partial charge in [0.1, 0.15) is 0 Å². The molecular weight excluding hydrogens is 317 g/mol. The Morgan fingerprint density at radius 1 is 1.43 bits per heavy atom. The fourth-order valence-corrected chi connectivity index (χ4v) is 2.20. The molecule has 1 aromatic carbocycles. The van der Waals surface area contributed by atoms with E-state index in [4.69, 9.17) is 23.2 Å². The number of aryl methyl sites for hydroxylation is 1. The number of rotatable bonds is 4. The molecule has 1 heterocycles. The predicted molar refractivity (Wildman–Crippen MR) is 79.7 cm³/mol. The Morgan fingerprint density at radius 3 is 2.71 bits per heavy atom. The number of non-ortho nitro benzene ring substituents is 1. The summed E-state index contributed by atoms with van der Waals surface area (Å²) in [6.45, 7) is 0.277. The van der Waals surface area contributed by atoms with E-state index in [0.717, 1.165) is 17.8 Å². The van der Waals surface area contributed by atoms with Crippen molar-refractivity contribution < 1.29 is 9.72 Å². The van der Waals surface area contributed by atoms with Crippen molar-refractivity contribution in [2.75, 3.05) is 0 Å². The van der Waals surface area contributed by atoms with E-state index in [0.29, 0.717) is 0 Å². The number of nitro groups is 1. The topological polar surface area (TPSA) is 77.2 Å². The van der Waals surface area contributed by atoms with Crippen LogP contribution in [-0.4, -0.2) is 15.4 Å². The van der Waals surface area contributed by atoms with Crippen molar-refractivity contribution in [1.82, 2.24) is 9.88 Å². The summed E-state index contributed by atoms with van der Waals surface area (Å²) in [5.41, 5.74) is 0.578. The van der Waals surface area contributed by atoms with Crippen LogP contribution in [0.3, 0.4) is 0 Å². The summed E-state index contributed by atoms with van der Waals surface area (Å²) in [6, 6.07) is 5.91. The highest BCUT2D eigenvalue weighted by Crippen LogP contribution is 2.30. The quantitative estimate of drug-likeness (QED) is 0.692. The molecule has 0 aliphatic carbocycles. The molecule has 0 bridgehead atoms. The van der Waals surface area contributed by atoms with Crippen LogP contribution in [0.5, 0.6) is 0 Å². The molecule has 0 aliphatic rings. The van der Waals surface area contributed by atoms with Gasteiger partial charge in [-0.1, -0.05) is 23.2 Å². The third kappa shape index (κ3) is 3.34. The van der Waals surface area contributed by atoms with Crippen molar-refractivity contribution in [2.24, 2.45) is 7.05 Å². The molecule has 8 heteroatoms. The Morgan fingerprint density at radius 2 is 2.14 bits per heavy atom. The van der Waals surface area contributed by atoms with Crippen LogP contribution >= 0.6 is 23.2 Å². The van der Waals surface area contributed by atoms with Gasteiger partial charge in [0.2, 0.25) is 0 Å². The summed E-state index contributed by atoms with van der Waals surface area (Å²) in [5, 5.41) is 13.4. The molecule has 2 aromatic rings. The molecule has 21 heavy (non-hydrogen) atoms. The highest BCUT2D eigenvalue weighted by Gasteiger charge is 2.19. The van der Waals surface area contributed by atoms with Gasteiger partial charge >= 0.3 is 0 Å². The van der Waals surface area contributed by atoms with E-state index < -0.39 is 10.8 Å². The first kappa shape index (κ1) is 15.3. The molecule has 110 valence electrons. The average molecular weight is 328 g/mol. The summed E-state index contributed by atoms with van der Waals surface area (Å²) in [4.78, 5) is 22.3. The predicted octanol–water partition coefficient (Wildman–Crippen LogP) is 3.17. The average Bonchev–Trinajstić information content (AvgIpc) is 2.84. The van der Waals surface area contributed by atoms with Gasteiger partial charge in [-0.25, -0.2) is 0 Å².